The van der Waals surface area contributed by atoms with Crippen LogP contribution >= 0.6 is 11.8 Å². The SMILES string of the molecule is Cc1cccc(S(=O)(=O)NC(=O)CSCc2ccncc2)c1. The zero-order valence-corrected chi connectivity index (χ0v) is 13.7. The number of carbonyl (C=O) groups excluding carboxylic acids is 1. The van der Waals surface area contributed by atoms with Crippen LogP contribution in [0.2, 0.25) is 0 Å². The molecule has 1 heterocycles. The highest BCUT2D eigenvalue weighted by Gasteiger charge is 2.17. The maximum atomic E-state index is 12.1. The first-order chi connectivity index (χ1) is 10.5. The van der Waals surface area contributed by atoms with E-state index in [1.807, 2.05) is 12.1 Å². The molecule has 1 amide bonds. The number of hydrogen-bond donors (Lipinski definition) is 1. The van der Waals surface area contributed by atoms with E-state index in [1.54, 1.807) is 31.5 Å². The zero-order chi connectivity index (χ0) is 16.0. The maximum absolute atomic E-state index is 12.1. The average molecular weight is 336 g/mol. The van der Waals surface area contributed by atoms with Gasteiger partial charge in [0.2, 0.25) is 5.91 Å². The molecule has 0 aliphatic carbocycles. The Morgan fingerprint density at radius 3 is 2.64 bits per heavy atom. The smallest absolute Gasteiger partial charge is 0.264 e. The molecule has 0 spiro atoms. The molecule has 22 heavy (non-hydrogen) atoms. The number of amides is 1. The fraction of sp³-hybridized carbons (Fsp3) is 0.200. The van der Waals surface area contributed by atoms with Crippen LogP contribution in [0.1, 0.15) is 11.1 Å². The summed E-state index contributed by atoms with van der Waals surface area (Å²) < 4.78 is 26.2. The van der Waals surface area contributed by atoms with Crippen molar-refractivity contribution in [2.24, 2.45) is 0 Å². The number of aryl methyl sites for hydroxylation is 1. The number of nitrogens with zero attached hydrogens (tertiary/aromatic N) is 1. The fourth-order valence-corrected chi connectivity index (χ4v) is 3.73. The first kappa shape index (κ1) is 16.5. The summed E-state index contributed by atoms with van der Waals surface area (Å²) in [6.45, 7) is 1.80. The second kappa shape index (κ2) is 7.42. The number of benzene rings is 1. The van der Waals surface area contributed by atoms with Gasteiger partial charge in [-0.1, -0.05) is 12.1 Å². The molecule has 0 saturated carbocycles. The van der Waals surface area contributed by atoms with Gasteiger partial charge < -0.3 is 0 Å². The number of thioether (sulfide) groups is 1. The number of aromatic nitrogens is 1. The molecule has 0 aliphatic heterocycles. The minimum absolute atomic E-state index is 0.0768. The average Bonchev–Trinajstić information content (AvgIpc) is 2.48. The Morgan fingerprint density at radius 2 is 1.95 bits per heavy atom. The number of sulfonamides is 1. The van der Waals surface area contributed by atoms with Crippen LogP contribution in [0.3, 0.4) is 0 Å². The van der Waals surface area contributed by atoms with Crippen LogP contribution in [0, 0.1) is 6.92 Å². The number of rotatable bonds is 6. The maximum Gasteiger partial charge on any atom is 0.264 e. The summed E-state index contributed by atoms with van der Waals surface area (Å²) in [7, 11) is -3.80. The van der Waals surface area contributed by atoms with Crippen molar-refractivity contribution >= 4 is 27.7 Å². The summed E-state index contributed by atoms with van der Waals surface area (Å²) in [6, 6.07) is 10.1. The van der Waals surface area contributed by atoms with Crippen molar-refractivity contribution in [2.75, 3.05) is 5.75 Å². The van der Waals surface area contributed by atoms with E-state index in [-0.39, 0.29) is 10.6 Å². The van der Waals surface area contributed by atoms with Crippen molar-refractivity contribution in [1.29, 1.82) is 0 Å². The third-order valence-electron chi connectivity index (χ3n) is 2.80. The van der Waals surface area contributed by atoms with Gasteiger partial charge in [-0.3, -0.25) is 9.78 Å². The highest BCUT2D eigenvalue weighted by Crippen LogP contribution is 2.13. The van der Waals surface area contributed by atoms with E-state index >= 15 is 0 Å². The van der Waals surface area contributed by atoms with Crippen LogP contribution in [-0.2, 0) is 20.6 Å². The van der Waals surface area contributed by atoms with Gasteiger partial charge in [-0.15, -0.1) is 11.8 Å². The van der Waals surface area contributed by atoms with E-state index in [0.29, 0.717) is 5.75 Å². The fourth-order valence-electron chi connectivity index (χ4n) is 1.76. The Bertz CT molecular complexity index is 746. The largest absolute Gasteiger partial charge is 0.273 e. The lowest BCUT2D eigenvalue weighted by molar-refractivity contribution is -0.116. The van der Waals surface area contributed by atoms with Crippen molar-refractivity contribution in [3.63, 3.8) is 0 Å². The van der Waals surface area contributed by atoms with Gasteiger partial charge in [-0.2, -0.15) is 0 Å². The first-order valence-corrected chi connectivity index (χ1v) is 9.20. The standard InChI is InChI=1S/C15H16N2O3S2/c1-12-3-2-4-14(9-12)22(19,20)17-15(18)11-21-10-13-5-7-16-8-6-13/h2-9H,10-11H2,1H3,(H,17,18). The quantitative estimate of drug-likeness (QED) is 0.874. The molecule has 0 bridgehead atoms. The molecule has 1 aromatic carbocycles. The predicted octanol–water partition coefficient (Wildman–Crippen LogP) is 2.13. The van der Waals surface area contributed by atoms with Gasteiger partial charge in [-0.25, -0.2) is 13.1 Å². The lowest BCUT2D eigenvalue weighted by Crippen LogP contribution is -2.32. The van der Waals surface area contributed by atoms with E-state index in [1.165, 1.54) is 23.9 Å². The van der Waals surface area contributed by atoms with E-state index in [4.69, 9.17) is 0 Å². The van der Waals surface area contributed by atoms with Crippen LogP contribution in [0.5, 0.6) is 0 Å². The van der Waals surface area contributed by atoms with Crippen molar-refractivity contribution in [2.45, 2.75) is 17.6 Å². The molecule has 0 unspecified atom stereocenters. The number of pyridine rings is 1. The highest BCUT2D eigenvalue weighted by molar-refractivity contribution is 7.99. The Balaban J connectivity index is 1.88. The van der Waals surface area contributed by atoms with Crippen molar-refractivity contribution in [1.82, 2.24) is 9.71 Å². The minimum atomic E-state index is -3.80. The molecular formula is C15H16N2O3S2. The topological polar surface area (TPSA) is 76.1 Å². The minimum Gasteiger partial charge on any atom is -0.273 e. The summed E-state index contributed by atoms with van der Waals surface area (Å²) in [5.74, 6) is 0.175. The van der Waals surface area contributed by atoms with Crippen molar-refractivity contribution in [3.05, 3.63) is 59.9 Å². The molecule has 0 fully saturated rings. The Kier molecular flexibility index (Phi) is 5.57. The summed E-state index contributed by atoms with van der Waals surface area (Å²) in [6.07, 6.45) is 3.36. The summed E-state index contributed by atoms with van der Waals surface area (Å²) in [4.78, 5) is 15.8. The molecule has 0 saturated heterocycles. The Morgan fingerprint density at radius 1 is 1.23 bits per heavy atom. The van der Waals surface area contributed by atoms with Crippen LogP contribution in [-0.4, -0.2) is 25.1 Å². The highest BCUT2D eigenvalue weighted by atomic mass is 32.2. The molecule has 0 radical (unpaired) electrons. The third-order valence-corrected chi connectivity index (χ3v) is 5.17. The monoisotopic (exact) mass is 336 g/mol. The Hall–Kier alpha value is -1.86. The van der Waals surface area contributed by atoms with Gasteiger partial charge >= 0.3 is 0 Å². The van der Waals surface area contributed by atoms with Crippen LogP contribution in [0.15, 0.2) is 53.7 Å². The molecule has 7 heteroatoms. The van der Waals surface area contributed by atoms with Gasteiger partial charge in [0.25, 0.3) is 10.0 Å². The molecular weight excluding hydrogens is 320 g/mol. The number of carbonyl (C=O) groups is 1. The molecule has 2 rings (SSSR count). The molecule has 1 N–H and O–H groups in total. The second-order valence-electron chi connectivity index (χ2n) is 4.69. The lowest BCUT2D eigenvalue weighted by atomic mass is 10.2. The molecule has 0 atom stereocenters. The molecule has 0 aliphatic rings. The van der Waals surface area contributed by atoms with Crippen LogP contribution in [0.25, 0.3) is 0 Å². The predicted molar refractivity (Wildman–Crippen MR) is 86.9 cm³/mol. The van der Waals surface area contributed by atoms with Gasteiger partial charge in [-0.05, 0) is 42.3 Å². The number of nitrogens with one attached hydrogen (secondary N) is 1. The summed E-state index contributed by atoms with van der Waals surface area (Å²) in [5.41, 5.74) is 1.86. The third kappa shape index (κ3) is 4.85. The molecule has 1 aromatic heterocycles. The molecule has 2 aromatic rings. The second-order valence-corrected chi connectivity index (χ2v) is 7.36. The van der Waals surface area contributed by atoms with E-state index in [9.17, 15) is 13.2 Å². The van der Waals surface area contributed by atoms with E-state index < -0.39 is 15.9 Å². The lowest BCUT2D eigenvalue weighted by Gasteiger charge is -2.07. The molecule has 5 nitrogen and oxygen atoms in total. The van der Waals surface area contributed by atoms with Crippen molar-refractivity contribution in [3.8, 4) is 0 Å². The van der Waals surface area contributed by atoms with Gasteiger partial charge in [0, 0.05) is 18.1 Å². The van der Waals surface area contributed by atoms with Gasteiger partial charge in [0.05, 0.1) is 10.6 Å². The Labute approximate surface area is 134 Å². The first-order valence-electron chi connectivity index (χ1n) is 6.56. The van der Waals surface area contributed by atoms with E-state index in [0.717, 1.165) is 11.1 Å². The van der Waals surface area contributed by atoms with Gasteiger partial charge in [0.1, 0.15) is 0 Å². The van der Waals surface area contributed by atoms with Crippen molar-refractivity contribution < 1.29 is 13.2 Å². The normalized spacial score (nSPS) is 11.1. The van der Waals surface area contributed by atoms with Gasteiger partial charge in [0.15, 0.2) is 0 Å². The van der Waals surface area contributed by atoms with Crippen LogP contribution < -0.4 is 4.72 Å². The van der Waals surface area contributed by atoms with Crippen LogP contribution in [0.4, 0.5) is 0 Å². The molecule has 116 valence electrons. The summed E-state index contributed by atoms with van der Waals surface area (Å²) >= 11 is 1.35. The van der Waals surface area contributed by atoms with E-state index in [2.05, 4.69) is 9.71 Å². The summed E-state index contributed by atoms with van der Waals surface area (Å²) in [5, 5.41) is 0. The number of hydrogen-bond acceptors (Lipinski definition) is 5. The zero-order valence-electron chi connectivity index (χ0n) is 12.0.